The van der Waals surface area contributed by atoms with Crippen molar-refractivity contribution >= 4 is 23.5 Å². The van der Waals surface area contributed by atoms with Crippen LogP contribution in [0.25, 0.3) is 0 Å². The van der Waals surface area contributed by atoms with Crippen LogP contribution in [-0.4, -0.2) is 72.3 Å². The standard InChI is InChI=1S/C25H29N5O3/c1-28-11-13-29(14-12-28)16-18-5-4-7-20(15-18)26-22(31)17-30-23(32)25(27-24(30)33)10-9-19-6-2-3-8-21(19)25/h2-8,15H,9-14,16-17H2,1H3,(H,26,31)(H,27,33). The molecule has 3 aliphatic rings. The van der Waals surface area contributed by atoms with Gasteiger partial charge in [0.2, 0.25) is 5.91 Å². The van der Waals surface area contributed by atoms with Crippen LogP contribution in [0.4, 0.5) is 10.5 Å². The largest absolute Gasteiger partial charge is 0.325 e. The molecular weight excluding hydrogens is 418 g/mol. The van der Waals surface area contributed by atoms with E-state index in [1.165, 1.54) is 0 Å². The average Bonchev–Trinajstić information content (AvgIpc) is 3.29. The number of urea groups is 1. The van der Waals surface area contributed by atoms with E-state index >= 15 is 0 Å². The van der Waals surface area contributed by atoms with Crippen LogP contribution in [-0.2, 0) is 28.1 Å². The fourth-order valence-corrected chi connectivity index (χ4v) is 5.09. The van der Waals surface area contributed by atoms with E-state index in [9.17, 15) is 14.4 Å². The lowest BCUT2D eigenvalue weighted by atomic mass is 9.92. The third-order valence-electron chi connectivity index (χ3n) is 6.94. The fourth-order valence-electron chi connectivity index (χ4n) is 5.09. The Hall–Kier alpha value is -3.23. The predicted molar refractivity (Wildman–Crippen MR) is 125 cm³/mol. The molecule has 4 amide bonds. The molecule has 1 unspecified atom stereocenters. The number of carbonyl (C=O) groups excluding carboxylic acids is 3. The van der Waals surface area contributed by atoms with Gasteiger partial charge in [0, 0.05) is 38.4 Å². The SMILES string of the molecule is CN1CCN(Cc2cccc(NC(=O)CN3C(=O)NC4(CCc5ccccc54)C3=O)c2)CC1. The number of piperazine rings is 1. The predicted octanol–water partition coefficient (Wildman–Crippen LogP) is 1.77. The molecule has 1 aliphatic carbocycles. The number of hydrogen-bond donors (Lipinski definition) is 2. The first-order valence-electron chi connectivity index (χ1n) is 11.5. The van der Waals surface area contributed by atoms with Crippen LogP contribution >= 0.6 is 0 Å². The summed E-state index contributed by atoms with van der Waals surface area (Å²) < 4.78 is 0. The summed E-state index contributed by atoms with van der Waals surface area (Å²) in [5.74, 6) is -0.741. The molecule has 2 aromatic rings. The second kappa shape index (κ2) is 8.61. The Labute approximate surface area is 193 Å². The van der Waals surface area contributed by atoms with Gasteiger partial charge in [0.1, 0.15) is 12.1 Å². The third kappa shape index (κ3) is 4.12. The highest BCUT2D eigenvalue weighted by atomic mass is 16.2. The number of carbonyl (C=O) groups is 3. The van der Waals surface area contributed by atoms with Crippen molar-refractivity contribution in [3.63, 3.8) is 0 Å². The van der Waals surface area contributed by atoms with Gasteiger partial charge in [0.05, 0.1) is 0 Å². The van der Waals surface area contributed by atoms with Crippen LogP contribution in [0.2, 0.25) is 0 Å². The van der Waals surface area contributed by atoms with Crippen LogP contribution in [0, 0.1) is 0 Å². The Morgan fingerprint density at radius 2 is 1.85 bits per heavy atom. The zero-order chi connectivity index (χ0) is 23.0. The van der Waals surface area contributed by atoms with E-state index in [2.05, 4.69) is 27.5 Å². The lowest BCUT2D eigenvalue weighted by Gasteiger charge is -2.32. The highest BCUT2D eigenvalue weighted by Gasteiger charge is 2.55. The summed E-state index contributed by atoms with van der Waals surface area (Å²) in [6.45, 7) is 4.65. The normalized spacial score (nSPS) is 23.1. The molecule has 2 aromatic carbocycles. The maximum atomic E-state index is 13.2. The number of nitrogens with zero attached hydrogens (tertiary/aromatic N) is 3. The number of rotatable bonds is 5. The topological polar surface area (TPSA) is 85.0 Å². The Balaban J connectivity index is 1.23. The second-order valence-electron chi connectivity index (χ2n) is 9.21. The average molecular weight is 448 g/mol. The van der Waals surface area contributed by atoms with Crippen molar-refractivity contribution in [2.24, 2.45) is 0 Å². The van der Waals surface area contributed by atoms with Crippen LogP contribution < -0.4 is 10.6 Å². The summed E-state index contributed by atoms with van der Waals surface area (Å²) in [7, 11) is 2.13. The van der Waals surface area contributed by atoms with Crippen molar-refractivity contribution in [2.75, 3.05) is 45.1 Å². The molecule has 2 N–H and O–H groups in total. The van der Waals surface area contributed by atoms with Crippen molar-refractivity contribution in [2.45, 2.75) is 24.9 Å². The van der Waals surface area contributed by atoms with Crippen molar-refractivity contribution in [1.29, 1.82) is 0 Å². The van der Waals surface area contributed by atoms with E-state index in [-0.39, 0.29) is 12.5 Å². The van der Waals surface area contributed by atoms with Gasteiger partial charge < -0.3 is 15.5 Å². The van der Waals surface area contributed by atoms with E-state index in [0.717, 1.165) is 60.7 Å². The molecule has 2 heterocycles. The molecule has 0 saturated carbocycles. The number of nitrogens with one attached hydrogen (secondary N) is 2. The number of anilines is 1. The van der Waals surface area contributed by atoms with E-state index < -0.39 is 17.5 Å². The van der Waals surface area contributed by atoms with E-state index in [1.54, 1.807) is 0 Å². The molecule has 8 heteroatoms. The van der Waals surface area contributed by atoms with Crippen LogP contribution in [0.5, 0.6) is 0 Å². The smallest absolute Gasteiger partial charge is 0.325 e. The number of amides is 4. The third-order valence-corrected chi connectivity index (χ3v) is 6.94. The number of aryl methyl sites for hydroxylation is 1. The summed E-state index contributed by atoms with van der Waals surface area (Å²) in [5.41, 5.74) is 2.64. The molecular formula is C25H29N5O3. The van der Waals surface area contributed by atoms with Gasteiger partial charge in [-0.25, -0.2) is 4.79 Å². The summed E-state index contributed by atoms with van der Waals surface area (Å²) in [5, 5.41) is 5.71. The van der Waals surface area contributed by atoms with Crippen molar-refractivity contribution in [1.82, 2.24) is 20.0 Å². The van der Waals surface area contributed by atoms with Gasteiger partial charge in [-0.1, -0.05) is 36.4 Å². The highest BCUT2D eigenvalue weighted by molar-refractivity contribution is 6.10. The minimum atomic E-state index is -1.05. The van der Waals surface area contributed by atoms with Crippen LogP contribution in [0.1, 0.15) is 23.1 Å². The Bertz CT molecular complexity index is 1090. The molecule has 2 fully saturated rings. The van der Waals surface area contributed by atoms with E-state index in [0.29, 0.717) is 12.1 Å². The van der Waals surface area contributed by atoms with Gasteiger partial charge in [-0.05, 0) is 48.7 Å². The first-order chi connectivity index (χ1) is 15.9. The van der Waals surface area contributed by atoms with Gasteiger partial charge in [-0.15, -0.1) is 0 Å². The summed E-state index contributed by atoms with van der Waals surface area (Å²) in [4.78, 5) is 44.4. The van der Waals surface area contributed by atoms with Crippen molar-refractivity contribution in [3.05, 3.63) is 65.2 Å². The molecule has 0 radical (unpaired) electrons. The molecule has 0 aromatic heterocycles. The van der Waals surface area contributed by atoms with Gasteiger partial charge in [0.15, 0.2) is 0 Å². The monoisotopic (exact) mass is 447 g/mol. The molecule has 1 spiro atoms. The summed E-state index contributed by atoms with van der Waals surface area (Å²) in [6, 6.07) is 14.9. The molecule has 8 nitrogen and oxygen atoms in total. The summed E-state index contributed by atoms with van der Waals surface area (Å²) >= 11 is 0. The number of likely N-dealkylation sites (N-methyl/N-ethyl adjacent to an activating group) is 1. The number of benzene rings is 2. The minimum absolute atomic E-state index is 0.308. The van der Waals surface area contributed by atoms with E-state index in [1.807, 2.05) is 48.5 Å². The van der Waals surface area contributed by atoms with Crippen molar-refractivity contribution < 1.29 is 14.4 Å². The lowest BCUT2D eigenvalue weighted by molar-refractivity contribution is -0.134. The van der Waals surface area contributed by atoms with Gasteiger partial charge in [-0.3, -0.25) is 19.4 Å². The number of hydrogen-bond acceptors (Lipinski definition) is 5. The number of fused-ring (bicyclic) bond motifs is 2. The molecule has 0 bridgehead atoms. The fraction of sp³-hybridized carbons (Fsp3) is 0.400. The van der Waals surface area contributed by atoms with Gasteiger partial charge >= 0.3 is 6.03 Å². The van der Waals surface area contributed by atoms with Gasteiger partial charge in [0.25, 0.3) is 5.91 Å². The Morgan fingerprint density at radius 1 is 1.06 bits per heavy atom. The maximum absolute atomic E-state index is 13.2. The van der Waals surface area contributed by atoms with Crippen LogP contribution in [0.15, 0.2) is 48.5 Å². The Morgan fingerprint density at radius 3 is 2.67 bits per heavy atom. The quantitative estimate of drug-likeness (QED) is 0.683. The van der Waals surface area contributed by atoms with E-state index in [4.69, 9.17) is 0 Å². The zero-order valence-corrected chi connectivity index (χ0v) is 18.8. The molecule has 2 aliphatic heterocycles. The minimum Gasteiger partial charge on any atom is -0.325 e. The summed E-state index contributed by atoms with van der Waals surface area (Å²) in [6.07, 6.45) is 1.24. The molecule has 33 heavy (non-hydrogen) atoms. The Kier molecular flexibility index (Phi) is 5.64. The second-order valence-corrected chi connectivity index (χ2v) is 9.21. The van der Waals surface area contributed by atoms with Gasteiger partial charge in [-0.2, -0.15) is 0 Å². The first kappa shape index (κ1) is 21.6. The van der Waals surface area contributed by atoms with Crippen LogP contribution in [0.3, 0.4) is 0 Å². The zero-order valence-electron chi connectivity index (χ0n) is 18.8. The number of imide groups is 1. The highest BCUT2D eigenvalue weighted by Crippen LogP contribution is 2.41. The van der Waals surface area contributed by atoms with Crippen molar-refractivity contribution in [3.8, 4) is 0 Å². The molecule has 172 valence electrons. The maximum Gasteiger partial charge on any atom is 0.325 e. The molecule has 5 rings (SSSR count). The lowest BCUT2D eigenvalue weighted by Crippen LogP contribution is -2.43. The molecule has 2 saturated heterocycles. The molecule has 1 atom stereocenters. The first-order valence-corrected chi connectivity index (χ1v) is 11.5.